The van der Waals surface area contributed by atoms with Crippen molar-refractivity contribution in [1.29, 1.82) is 0 Å². The van der Waals surface area contributed by atoms with Gasteiger partial charge in [-0.05, 0) is 24.7 Å². The van der Waals surface area contributed by atoms with E-state index in [1.165, 1.54) is 16.6 Å². The number of anilines is 1. The van der Waals surface area contributed by atoms with Crippen LogP contribution in [0.15, 0.2) is 28.9 Å². The highest BCUT2D eigenvalue weighted by atomic mass is 16.3. The number of hydrogen-bond donors (Lipinski definition) is 1. The zero-order valence-corrected chi connectivity index (χ0v) is 10.7. The first kappa shape index (κ1) is 11.6. The molecule has 96 valence electrons. The molecule has 4 heteroatoms. The van der Waals surface area contributed by atoms with Gasteiger partial charge in [0.25, 0.3) is 0 Å². The fourth-order valence-corrected chi connectivity index (χ4v) is 2.64. The fourth-order valence-electron chi connectivity index (χ4n) is 2.64. The van der Waals surface area contributed by atoms with Gasteiger partial charge in [-0.1, -0.05) is 6.07 Å². The van der Waals surface area contributed by atoms with Crippen LogP contribution in [-0.4, -0.2) is 38.1 Å². The molecular formula is C14H19N3O. The first-order valence-electron chi connectivity index (χ1n) is 6.42. The van der Waals surface area contributed by atoms with Crippen molar-refractivity contribution in [2.24, 2.45) is 5.73 Å². The molecule has 0 amide bonds. The van der Waals surface area contributed by atoms with E-state index in [4.69, 9.17) is 10.2 Å². The summed E-state index contributed by atoms with van der Waals surface area (Å²) in [6.45, 7) is 4.86. The van der Waals surface area contributed by atoms with Gasteiger partial charge in [-0.25, -0.2) is 0 Å². The van der Waals surface area contributed by atoms with E-state index < -0.39 is 0 Å². The maximum Gasteiger partial charge on any atom is 0.135 e. The van der Waals surface area contributed by atoms with Crippen LogP contribution < -0.4 is 10.6 Å². The van der Waals surface area contributed by atoms with Crippen LogP contribution in [0, 0.1) is 0 Å². The number of nitrogens with zero attached hydrogens (tertiary/aromatic N) is 2. The molecule has 0 spiro atoms. The molecule has 18 heavy (non-hydrogen) atoms. The lowest BCUT2D eigenvalue weighted by molar-refractivity contribution is 0.313. The number of likely N-dealkylation sites (N-methyl/N-ethyl adjacent to an activating group) is 1. The molecule has 2 heterocycles. The van der Waals surface area contributed by atoms with Crippen LogP contribution in [0.2, 0.25) is 0 Å². The van der Waals surface area contributed by atoms with E-state index in [9.17, 15) is 0 Å². The Labute approximate surface area is 107 Å². The summed E-state index contributed by atoms with van der Waals surface area (Å²) in [6, 6.07) is 6.14. The molecule has 0 saturated carbocycles. The predicted octanol–water partition coefficient (Wildman–Crippen LogP) is 1.64. The smallest absolute Gasteiger partial charge is 0.135 e. The summed E-state index contributed by atoms with van der Waals surface area (Å²) in [5.74, 6) is 0. The number of furan rings is 1. The minimum atomic E-state index is 0.572. The molecule has 3 rings (SSSR count). The highest BCUT2D eigenvalue weighted by molar-refractivity contribution is 5.93. The summed E-state index contributed by atoms with van der Waals surface area (Å²) in [4.78, 5) is 4.79. The quantitative estimate of drug-likeness (QED) is 0.873. The minimum absolute atomic E-state index is 0.572. The lowest BCUT2D eigenvalue weighted by atomic mass is 10.1. The van der Waals surface area contributed by atoms with Crippen molar-refractivity contribution in [3.63, 3.8) is 0 Å². The van der Waals surface area contributed by atoms with Gasteiger partial charge in [0.1, 0.15) is 5.58 Å². The van der Waals surface area contributed by atoms with Crippen molar-refractivity contribution in [2.45, 2.75) is 6.54 Å². The second-order valence-electron chi connectivity index (χ2n) is 4.90. The fraction of sp³-hybridized carbons (Fsp3) is 0.429. The number of benzene rings is 1. The normalized spacial score (nSPS) is 17.6. The van der Waals surface area contributed by atoms with Gasteiger partial charge < -0.3 is 20.0 Å². The standard InChI is InChI=1S/C14H19N3O/c1-16-5-7-17(8-6-16)14-11(10-15)2-3-13-12(14)4-9-18-13/h2-4,9H,5-8,10,15H2,1H3. The third-order valence-electron chi connectivity index (χ3n) is 3.73. The van der Waals surface area contributed by atoms with Crippen LogP contribution in [-0.2, 0) is 6.54 Å². The van der Waals surface area contributed by atoms with E-state index >= 15 is 0 Å². The Balaban J connectivity index is 2.05. The van der Waals surface area contributed by atoms with E-state index in [1.807, 2.05) is 12.1 Å². The molecule has 0 unspecified atom stereocenters. The maximum absolute atomic E-state index is 5.88. The van der Waals surface area contributed by atoms with Crippen LogP contribution in [0.5, 0.6) is 0 Å². The molecular weight excluding hydrogens is 226 g/mol. The van der Waals surface area contributed by atoms with Gasteiger partial charge in [0.05, 0.1) is 12.0 Å². The van der Waals surface area contributed by atoms with E-state index in [2.05, 4.69) is 22.9 Å². The van der Waals surface area contributed by atoms with Crippen LogP contribution >= 0.6 is 0 Å². The summed E-state index contributed by atoms with van der Waals surface area (Å²) >= 11 is 0. The Morgan fingerprint density at radius 2 is 1.94 bits per heavy atom. The molecule has 0 atom stereocenters. The Hall–Kier alpha value is -1.52. The molecule has 1 aliphatic heterocycles. The average molecular weight is 245 g/mol. The molecule has 2 aromatic rings. The van der Waals surface area contributed by atoms with Gasteiger partial charge in [-0.15, -0.1) is 0 Å². The number of nitrogens with two attached hydrogens (primary N) is 1. The summed E-state index contributed by atoms with van der Waals surface area (Å²) in [6.07, 6.45) is 1.75. The summed E-state index contributed by atoms with van der Waals surface area (Å²) in [5.41, 5.74) is 9.29. The summed E-state index contributed by atoms with van der Waals surface area (Å²) in [5, 5.41) is 1.18. The monoisotopic (exact) mass is 245 g/mol. The number of hydrogen-bond acceptors (Lipinski definition) is 4. The van der Waals surface area contributed by atoms with Crippen molar-refractivity contribution >= 4 is 16.7 Å². The van der Waals surface area contributed by atoms with Gasteiger partial charge in [-0.3, -0.25) is 0 Å². The molecule has 1 aliphatic rings. The molecule has 0 bridgehead atoms. The third-order valence-corrected chi connectivity index (χ3v) is 3.73. The van der Waals surface area contributed by atoms with E-state index in [0.29, 0.717) is 6.54 Å². The lowest BCUT2D eigenvalue weighted by Gasteiger charge is -2.35. The van der Waals surface area contributed by atoms with E-state index in [1.54, 1.807) is 6.26 Å². The molecule has 0 aliphatic carbocycles. The first-order valence-corrected chi connectivity index (χ1v) is 6.42. The topological polar surface area (TPSA) is 45.6 Å². The van der Waals surface area contributed by atoms with Crippen LogP contribution in [0.4, 0.5) is 5.69 Å². The number of piperazine rings is 1. The Morgan fingerprint density at radius 3 is 2.67 bits per heavy atom. The van der Waals surface area contributed by atoms with E-state index in [0.717, 1.165) is 31.8 Å². The Morgan fingerprint density at radius 1 is 1.17 bits per heavy atom. The SMILES string of the molecule is CN1CCN(c2c(CN)ccc3occc23)CC1. The molecule has 1 saturated heterocycles. The van der Waals surface area contributed by atoms with Gasteiger partial charge in [-0.2, -0.15) is 0 Å². The van der Waals surface area contributed by atoms with Crippen LogP contribution in [0.3, 0.4) is 0 Å². The zero-order valence-electron chi connectivity index (χ0n) is 10.7. The van der Waals surface area contributed by atoms with Crippen molar-refractivity contribution in [1.82, 2.24) is 4.90 Å². The lowest BCUT2D eigenvalue weighted by Crippen LogP contribution is -2.45. The highest BCUT2D eigenvalue weighted by Crippen LogP contribution is 2.32. The van der Waals surface area contributed by atoms with Gasteiger partial charge in [0, 0.05) is 38.1 Å². The van der Waals surface area contributed by atoms with Crippen molar-refractivity contribution in [3.05, 3.63) is 30.0 Å². The Bertz CT molecular complexity index is 541. The molecule has 0 radical (unpaired) electrons. The van der Waals surface area contributed by atoms with Crippen molar-refractivity contribution in [3.8, 4) is 0 Å². The third kappa shape index (κ3) is 1.87. The molecule has 1 aromatic carbocycles. The van der Waals surface area contributed by atoms with Crippen molar-refractivity contribution < 1.29 is 4.42 Å². The molecule has 4 nitrogen and oxygen atoms in total. The van der Waals surface area contributed by atoms with Crippen LogP contribution in [0.25, 0.3) is 11.0 Å². The van der Waals surface area contributed by atoms with Gasteiger partial charge in [0.15, 0.2) is 0 Å². The summed E-state index contributed by atoms with van der Waals surface area (Å²) in [7, 11) is 2.17. The van der Waals surface area contributed by atoms with Crippen LogP contribution in [0.1, 0.15) is 5.56 Å². The predicted molar refractivity (Wildman–Crippen MR) is 73.8 cm³/mol. The highest BCUT2D eigenvalue weighted by Gasteiger charge is 2.19. The first-order chi connectivity index (χ1) is 8.79. The zero-order chi connectivity index (χ0) is 12.5. The minimum Gasteiger partial charge on any atom is -0.464 e. The maximum atomic E-state index is 5.88. The number of rotatable bonds is 2. The molecule has 1 aromatic heterocycles. The van der Waals surface area contributed by atoms with E-state index in [-0.39, 0.29) is 0 Å². The largest absolute Gasteiger partial charge is 0.464 e. The average Bonchev–Trinajstić information content (AvgIpc) is 2.87. The molecule has 2 N–H and O–H groups in total. The second-order valence-corrected chi connectivity index (χ2v) is 4.90. The Kier molecular flexibility index (Phi) is 2.97. The van der Waals surface area contributed by atoms with Gasteiger partial charge in [0.2, 0.25) is 0 Å². The van der Waals surface area contributed by atoms with Gasteiger partial charge >= 0.3 is 0 Å². The number of fused-ring (bicyclic) bond motifs is 1. The summed E-state index contributed by atoms with van der Waals surface area (Å²) < 4.78 is 5.49. The molecule has 1 fully saturated rings. The van der Waals surface area contributed by atoms with Crippen molar-refractivity contribution in [2.75, 3.05) is 38.1 Å². The second kappa shape index (κ2) is 4.63.